The smallest absolute Gasteiger partial charge is 0.311 e. The van der Waals surface area contributed by atoms with Gasteiger partial charge in [0.25, 0.3) is 0 Å². The number of benzene rings is 1. The zero-order valence-electron chi connectivity index (χ0n) is 7.91. The quantitative estimate of drug-likeness (QED) is 0.350. The van der Waals surface area contributed by atoms with Gasteiger partial charge in [-0.15, -0.1) is 0 Å². The van der Waals surface area contributed by atoms with E-state index in [1.165, 1.54) is 0 Å². The Morgan fingerprint density at radius 2 is 1.93 bits per heavy atom. The Bertz CT molecular complexity index is 272. The van der Waals surface area contributed by atoms with Crippen molar-refractivity contribution in [2.24, 2.45) is 0 Å². The van der Waals surface area contributed by atoms with E-state index in [0.717, 1.165) is 18.2 Å². The molecule has 0 fully saturated rings. The van der Waals surface area contributed by atoms with Gasteiger partial charge in [0.05, 0.1) is 0 Å². The topological polar surface area (TPSA) is 26.3 Å². The highest BCUT2D eigenvalue weighted by atomic mass is 79.9. The Balaban J connectivity index is 2.27. The van der Waals surface area contributed by atoms with Crippen LogP contribution in [0.3, 0.4) is 0 Å². The summed E-state index contributed by atoms with van der Waals surface area (Å²) in [5, 5.41) is 0.936. The van der Waals surface area contributed by atoms with Gasteiger partial charge in [-0.1, -0.05) is 34.1 Å². The molecule has 0 aliphatic rings. The standard InChI is InChI=1S/C11H13BrO2/c12-9-5-4-8-11(13)14-10-6-2-1-3-7-10/h1-3,6-7H,4-5,8-9H2. The number of ether oxygens (including phenoxy) is 1. The number of unbranched alkanes of at least 4 members (excludes halogenated alkanes) is 1. The number of carbonyl (C=O) groups is 1. The number of rotatable bonds is 5. The number of alkyl halides is 1. The molecule has 0 aliphatic heterocycles. The molecule has 0 unspecified atom stereocenters. The van der Waals surface area contributed by atoms with Gasteiger partial charge in [-0.25, -0.2) is 0 Å². The molecule has 1 rings (SSSR count). The van der Waals surface area contributed by atoms with Crippen molar-refractivity contribution in [2.45, 2.75) is 19.3 Å². The van der Waals surface area contributed by atoms with Crippen LogP contribution >= 0.6 is 15.9 Å². The number of hydrogen-bond acceptors (Lipinski definition) is 2. The first-order chi connectivity index (χ1) is 6.83. The number of halogens is 1. The second-order valence-corrected chi connectivity index (χ2v) is 3.73. The first kappa shape index (κ1) is 11.2. The normalized spacial score (nSPS) is 9.79. The van der Waals surface area contributed by atoms with Crippen molar-refractivity contribution in [3.63, 3.8) is 0 Å². The van der Waals surface area contributed by atoms with E-state index >= 15 is 0 Å². The van der Waals surface area contributed by atoms with E-state index in [1.807, 2.05) is 18.2 Å². The second kappa shape index (κ2) is 6.60. The maximum Gasteiger partial charge on any atom is 0.311 e. The number of para-hydroxylation sites is 1. The van der Waals surface area contributed by atoms with Gasteiger partial charge in [-0.05, 0) is 25.0 Å². The summed E-state index contributed by atoms with van der Waals surface area (Å²) in [4.78, 5) is 11.2. The van der Waals surface area contributed by atoms with Crippen molar-refractivity contribution in [1.82, 2.24) is 0 Å². The summed E-state index contributed by atoms with van der Waals surface area (Å²) in [7, 11) is 0. The zero-order valence-corrected chi connectivity index (χ0v) is 9.50. The molecular weight excluding hydrogens is 244 g/mol. The van der Waals surface area contributed by atoms with Crippen LogP contribution in [0.25, 0.3) is 0 Å². The highest BCUT2D eigenvalue weighted by molar-refractivity contribution is 9.09. The SMILES string of the molecule is O=C(CCCCBr)Oc1ccccc1. The molecule has 0 aliphatic carbocycles. The Morgan fingerprint density at radius 3 is 2.57 bits per heavy atom. The fourth-order valence-electron chi connectivity index (χ4n) is 1.03. The fourth-order valence-corrected chi connectivity index (χ4v) is 1.43. The summed E-state index contributed by atoms with van der Waals surface area (Å²) in [6, 6.07) is 9.15. The van der Waals surface area contributed by atoms with E-state index in [1.54, 1.807) is 12.1 Å². The lowest BCUT2D eigenvalue weighted by Gasteiger charge is -2.02. The third kappa shape index (κ3) is 4.42. The lowest BCUT2D eigenvalue weighted by Crippen LogP contribution is -2.07. The molecule has 0 atom stereocenters. The van der Waals surface area contributed by atoms with Crippen LogP contribution in [-0.2, 0) is 4.79 Å². The minimum atomic E-state index is -0.155. The van der Waals surface area contributed by atoms with E-state index < -0.39 is 0 Å². The molecule has 1 aromatic rings. The molecule has 2 nitrogen and oxygen atoms in total. The van der Waals surface area contributed by atoms with Gasteiger partial charge in [0.1, 0.15) is 5.75 Å². The van der Waals surface area contributed by atoms with Crippen LogP contribution in [-0.4, -0.2) is 11.3 Å². The van der Waals surface area contributed by atoms with Gasteiger partial charge in [-0.2, -0.15) is 0 Å². The van der Waals surface area contributed by atoms with E-state index in [-0.39, 0.29) is 5.97 Å². The van der Waals surface area contributed by atoms with Gasteiger partial charge in [0, 0.05) is 11.8 Å². The average molecular weight is 257 g/mol. The molecule has 0 bridgehead atoms. The number of carbonyl (C=O) groups excluding carboxylic acids is 1. The predicted molar refractivity (Wildman–Crippen MR) is 59.7 cm³/mol. The highest BCUT2D eigenvalue weighted by Crippen LogP contribution is 2.10. The first-order valence-corrected chi connectivity index (χ1v) is 5.77. The van der Waals surface area contributed by atoms with E-state index in [2.05, 4.69) is 15.9 Å². The maximum atomic E-state index is 11.2. The fraction of sp³-hybridized carbons (Fsp3) is 0.364. The Morgan fingerprint density at radius 1 is 1.21 bits per heavy atom. The Hall–Kier alpha value is -0.830. The number of hydrogen-bond donors (Lipinski definition) is 0. The minimum absolute atomic E-state index is 0.155. The van der Waals surface area contributed by atoms with E-state index in [0.29, 0.717) is 12.2 Å². The zero-order chi connectivity index (χ0) is 10.2. The molecule has 0 spiro atoms. The summed E-state index contributed by atoms with van der Waals surface area (Å²) in [5.41, 5.74) is 0. The van der Waals surface area contributed by atoms with Crippen molar-refractivity contribution in [3.05, 3.63) is 30.3 Å². The van der Waals surface area contributed by atoms with Crippen LogP contribution in [0, 0.1) is 0 Å². The van der Waals surface area contributed by atoms with Crippen LogP contribution in [0.15, 0.2) is 30.3 Å². The lowest BCUT2D eigenvalue weighted by atomic mass is 10.2. The monoisotopic (exact) mass is 256 g/mol. The second-order valence-electron chi connectivity index (χ2n) is 2.93. The largest absolute Gasteiger partial charge is 0.427 e. The lowest BCUT2D eigenvalue weighted by molar-refractivity contribution is -0.134. The molecule has 1 aromatic carbocycles. The van der Waals surface area contributed by atoms with E-state index in [9.17, 15) is 4.79 Å². The molecule has 0 aromatic heterocycles. The minimum Gasteiger partial charge on any atom is -0.427 e. The first-order valence-electron chi connectivity index (χ1n) is 4.64. The van der Waals surface area contributed by atoms with Crippen molar-refractivity contribution >= 4 is 21.9 Å². The summed E-state index contributed by atoms with van der Waals surface area (Å²) in [5.74, 6) is 0.466. The van der Waals surface area contributed by atoms with Crippen LogP contribution < -0.4 is 4.74 Å². The molecule has 0 heterocycles. The van der Waals surface area contributed by atoms with Gasteiger partial charge in [0.15, 0.2) is 0 Å². The molecule has 0 amide bonds. The van der Waals surface area contributed by atoms with Gasteiger partial charge in [-0.3, -0.25) is 4.79 Å². The number of esters is 1. The molecule has 0 radical (unpaired) electrons. The van der Waals surface area contributed by atoms with E-state index in [4.69, 9.17) is 4.74 Å². The molecular formula is C11H13BrO2. The maximum absolute atomic E-state index is 11.2. The van der Waals surface area contributed by atoms with Crippen LogP contribution in [0.5, 0.6) is 5.75 Å². The summed E-state index contributed by atoms with van der Waals surface area (Å²) in [6.45, 7) is 0. The molecule has 0 N–H and O–H groups in total. The molecule has 76 valence electrons. The summed E-state index contributed by atoms with van der Waals surface area (Å²) >= 11 is 3.31. The highest BCUT2D eigenvalue weighted by Gasteiger charge is 2.02. The van der Waals surface area contributed by atoms with Crippen LogP contribution in [0.1, 0.15) is 19.3 Å². The van der Waals surface area contributed by atoms with Crippen molar-refractivity contribution in [3.8, 4) is 5.75 Å². The molecule has 0 saturated carbocycles. The predicted octanol–water partition coefficient (Wildman–Crippen LogP) is 3.16. The van der Waals surface area contributed by atoms with Crippen molar-refractivity contribution < 1.29 is 9.53 Å². The Kier molecular flexibility index (Phi) is 5.30. The van der Waals surface area contributed by atoms with Crippen LogP contribution in [0.2, 0.25) is 0 Å². The van der Waals surface area contributed by atoms with Gasteiger partial charge in [0.2, 0.25) is 0 Å². The molecule has 14 heavy (non-hydrogen) atoms. The Labute approximate surface area is 92.4 Å². The molecule has 3 heteroatoms. The summed E-state index contributed by atoms with van der Waals surface area (Å²) in [6.07, 6.45) is 2.36. The van der Waals surface area contributed by atoms with Gasteiger partial charge < -0.3 is 4.74 Å². The van der Waals surface area contributed by atoms with Crippen molar-refractivity contribution in [2.75, 3.05) is 5.33 Å². The average Bonchev–Trinajstić information content (AvgIpc) is 2.20. The third-order valence-corrected chi connectivity index (χ3v) is 2.30. The van der Waals surface area contributed by atoms with Crippen LogP contribution in [0.4, 0.5) is 0 Å². The van der Waals surface area contributed by atoms with Gasteiger partial charge >= 0.3 is 5.97 Å². The van der Waals surface area contributed by atoms with Crippen molar-refractivity contribution in [1.29, 1.82) is 0 Å². The third-order valence-electron chi connectivity index (χ3n) is 1.74. The molecule has 0 saturated heterocycles. The summed E-state index contributed by atoms with van der Waals surface area (Å²) < 4.78 is 5.11.